The Balaban J connectivity index is 1.79. The Morgan fingerprint density at radius 2 is 2.00 bits per heavy atom. The summed E-state index contributed by atoms with van der Waals surface area (Å²) >= 11 is 0. The molecule has 0 spiro atoms. The second-order valence-electron chi connectivity index (χ2n) is 4.85. The molecule has 4 nitrogen and oxygen atoms in total. The first kappa shape index (κ1) is 12.7. The van der Waals surface area contributed by atoms with Crippen LogP contribution in [-0.4, -0.2) is 19.3 Å². The van der Waals surface area contributed by atoms with E-state index in [2.05, 4.69) is 39.9 Å². The first-order chi connectivity index (χ1) is 9.86. The maximum atomic E-state index is 4.43. The molecule has 102 valence electrons. The van der Waals surface area contributed by atoms with Gasteiger partial charge < -0.3 is 4.57 Å². The van der Waals surface area contributed by atoms with Gasteiger partial charge in [0.2, 0.25) is 0 Å². The highest BCUT2D eigenvalue weighted by Gasteiger charge is 2.05. The summed E-state index contributed by atoms with van der Waals surface area (Å²) in [6.07, 6.45) is 10.0. The van der Waals surface area contributed by atoms with Crippen LogP contribution in [0.1, 0.15) is 24.7 Å². The molecule has 0 aliphatic heterocycles. The second-order valence-corrected chi connectivity index (χ2v) is 4.85. The van der Waals surface area contributed by atoms with Crippen LogP contribution in [0.5, 0.6) is 0 Å². The van der Waals surface area contributed by atoms with Crippen LogP contribution in [0.3, 0.4) is 0 Å². The van der Waals surface area contributed by atoms with Crippen molar-refractivity contribution < 1.29 is 0 Å². The van der Waals surface area contributed by atoms with Gasteiger partial charge in [-0.15, -0.1) is 0 Å². The van der Waals surface area contributed by atoms with Gasteiger partial charge in [0.15, 0.2) is 0 Å². The standard InChI is InChI=1S/C16H18N4/c1-2-6-16-17-9-10-19(16)12-14-11-18-20(13-14)15-7-4-3-5-8-15/h3-5,7-11,13H,2,6,12H2,1H3. The zero-order valence-electron chi connectivity index (χ0n) is 11.6. The molecule has 4 heteroatoms. The van der Waals surface area contributed by atoms with Gasteiger partial charge in [-0.3, -0.25) is 0 Å². The summed E-state index contributed by atoms with van der Waals surface area (Å²) in [5, 5.41) is 4.43. The first-order valence-electron chi connectivity index (χ1n) is 6.96. The fraction of sp³-hybridized carbons (Fsp3) is 0.250. The summed E-state index contributed by atoms with van der Waals surface area (Å²) in [5.41, 5.74) is 2.27. The number of aryl methyl sites for hydroxylation is 1. The molecular formula is C16H18N4. The number of benzene rings is 1. The van der Waals surface area contributed by atoms with Gasteiger partial charge in [-0.2, -0.15) is 5.10 Å². The smallest absolute Gasteiger partial charge is 0.108 e. The third-order valence-electron chi connectivity index (χ3n) is 3.29. The molecule has 0 amide bonds. The van der Waals surface area contributed by atoms with Gasteiger partial charge in [0.05, 0.1) is 18.4 Å². The van der Waals surface area contributed by atoms with E-state index < -0.39 is 0 Å². The summed E-state index contributed by atoms with van der Waals surface area (Å²) in [7, 11) is 0. The molecule has 0 radical (unpaired) electrons. The summed E-state index contributed by atoms with van der Waals surface area (Å²) in [4.78, 5) is 4.40. The Morgan fingerprint density at radius 3 is 2.80 bits per heavy atom. The molecule has 0 unspecified atom stereocenters. The minimum atomic E-state index is 0.822. The van der Waals surface area contributed by atoms with Gasteiger partial charge in [0, 0.05) is 30.6 Å². The molecule has 1 aromatic carbocycles. The van der Waals surface area contributed by atoms with Crippen molar-refractivity contribution in [1.82, 2.24) is 19.3 Å². The zero-order valence-corrected chi connectivity index (χ0v) is 11.6. The number of para-hydroxylation sites is 1. The topological polar surface area (TPSA) is 35.6 Å². The highest BCUT2D eigenvalue weighted by atomic mass is 15.3. The Bertz CT molecular complexity index is 667. The number of imidazole rings is 1. The number of hydrogen-bond donors (Lipinski definition) is 0. The lowest BCUT2D eigenvalue weighted by Crippen LogP contribution is -2.03. The molecule has 0 aliphatic carbocycles. The van der Waals surface area contributed by atoms with Crippen LogP contribution >= 0.6 is 0 Å². The summed E-state index contributed by atoms with van der Waals surface area (Å²) in [6, 6.07) is 10.2. The van der Waals surface area contributed by atoms with Crippen LogP contribution in [0.15, 0.2) is 55.1 Å². The lowest BCUT2D eigenvalue weighted by atomic mass is 10.3. The van der Waals surface area contributed by atoms with Crippen molar-refractivity contribution in [3.05, 3.63) is 66.5 Å². The van der Waals surface area contributed by atoms with Crippen LogP contribution in [0, 0.1) is 0 Å². The number of rotatable bonds is 5. The SMILES string of the molecule is CCCc1nccn1Cc1cnn(-c2ccccc2)c1. The molecule has 2 heterocycles. The van der Waals surface area contributed by atoms with Gasteiger partial charge in [-0.25, -0.2) is 9.67 Å². The van der Waals surface area contributed by atoms with Crippen LogP contribution in [0.4, 0.5) is 0 Å². The first-order valence-corrected chi connectivity index (χ1v) is 6.96. The molecule has 3 rings (SSSR count). The fourth-order valence-corrected chi connectivity index (χ4v) is 2.30. The minimum absolute atomic E-state index is 0.822. The molecule has 0 N–H and O–H groups in total. The minimum Gasteiger partial charge on any atom is -0.330 e. The van der Waals surface area contributed by atoms with E-state index in [1.807, 2.05) is 41.5 Å². The van der Waals surface area contributed by atoms with Crippen molar-refractivity contribution in [3.63, 3.8) is 0 Å². The Hall–Kier alpha value is -2.36. The molecule has 0 fully saturated rings. The van der Waals surface area contributed by atoms with E-state index in [4.69, 9.17) is 0 Å². The zero-order chi connectivity index (χ0) is 13.8. The van der Waals surface area contributed by atoms with Crippen molar-refractivity contribution in [2.75, 3.05) is 0 Å². The van der Waals surface area contributed by atoms with Crippen molar-refractivity contribution in [1.29, 1.82) is 0 Å². The van der Waals surface area contributed by atoms with E-state index in [9.17, 15) is 0 Å². The van der Waals surface area contributed by atoms with Crippen LogP contribution < -0.4 is 0 Å². The normalized spacial score (nSPS) is 10.8. The fourth-order valence-electron chi connectivity index (χ4n) is 2.30. The third kappa shape index (κ3) is 2.64. The van der Waals surface area contributed by atoms with Crippen molar-refractivity contribution in [2.45, 2.75) is 26.3 Å². The molecule has 0 aliphatic rings. The maximum absolute atomic E-state index is 4.43. The summed E-state index contributed by atoms with van der Waals surface area (Å²) < 4.78 is 4.10. The average molecular weight is 266 g/mol. The van der Waals surface area contributed by atoms with E-state index in [0.29, 0.717) is 0 Å². The summed E-state index contributed by atoms with van der Waals surface area (Å²) in [5.74, 6) is 1.14. The second kappa shape index (κ2) is 5.74. The van der Waals surface area contributed by atoms with E-state index in [0.717, 1.165) is 30.9 Å². The molecule has 0 atom stereocenters. The summed E-state index contributed by atoms with van der Waals surface area (Å²) in [6.45, 7) is 2.99. The van der Waals surface area contributed by atoms with Gasteiger partial charge in [0.1, 0.15) is 5.82 Å². The highest BCUT2D eigenvalue weighted by molar-refractivity contribution is 5.30. The maximum Gasteiger partial charge on any atom is 0.108 e. The predicted octanol–water partition coefficient (Wildman–Crippen LogP) is 3.07. The van der Waals surface area contributed by atoms with E-state index in [1.54, 1.807) is 0 Å². The number of nitrogens with zero attached hydrogens (tertiary/aromatic N) is 4. The largest absolute Gasteiger partial charge is 0.330 e. The monoisotopic (exact) mass is 266 g/mol. The predicted molar refractivity (Wildman–Crippen MR) is 78.9 cm³/mol. The van der Waals surface area contributed by atoms with Crippen molar-refractivity contribution in [2.24, 2.45) is 0 Å². The van der Waals surface area contributed by atoms with Crippen molar-refractivity contribution >= 4 is 0 Å². The number of aromatic nitrogens is 4. The molecule has 3 aromatic rings. The average Bonchev–Trinajstić information content (AvgIpc) is 3.11. The lowest BCUT2D eigenvalue weighted by Gasteiger charge is -2.05. The van der Waals surface area contributed by atoms with Gasteiger partial charge >= 0.3 is 0 Å². The van der Waals surface area contributed by atoms with Crippen LogP contribution in [0.25, 0.3) is 5.69 Å². The van der Waals surface area contributed by atoms with Gasteiger partial charge in [0.25, 0.3) is 0 Å². The van der Waals surface area contributed by atoms with E-state index in [1.165, 1.54) is 5.56 Å². The van der Waals surface area contributed by atoms with Gasteiger partial charge in [-0.05, 0) is 18.6 Å². The Kier molecular flexibility index (Phi) is 3.63. The van der Waals surface area contributed by atoms with Gasteiger partial charge in [-0.1, -0.05) is 25.1 Å². The molecule has 20 heavy (non-hydrogen) atoms. The molecule has 0 saturated carbocycles. The Morgan fingerprint density at radius 1 is 1.15 bits per heavy atom. The molecule has 2 aromatic heterocycles. The lowest BCUT2D eigenvalue weighted by molar-refractivity contribution is 0.705. The van der Waals surface area contributed by atoms with E-state index >= 15 is 0 Å². The van der Waals surface area contributed by atoms with Crippen LogP contribution in [0.2, 0.25) is 0 Å². The Labute approximate surface area is 118 Å². The quantitative estimate of drug-likeness (QED) is 0.711. The third-order valence-corrected chi connectivity index (χ3v) is 3.29. The molecular weight excluding hydrogens is 248 g/mol. The van der Waals surface area contributed by atoms with Crippen LogP contribution in [-0.2, 0) is 13.0 Å². The molecule has 0 saturated heterocycles. The highest BCUT2D eigenvalue weighted by Crippen LogP contribution is 2.10. The number of hydrogen-bond acceptors (Lipinski definition) is 2. The van der Waals surface area contributed by atoms with Crippen molar-refractivity contribution in [3.8, 4) is 5.69 Å². The molecule has 0 bridgehead atoms. The van der Waals surface area contributed by atoms with E-state index in [-0.39, 0.29) is 0 Å².